The van der Waals surface area contributed by atoms with E-state index in [0.29, 0.717) is 5.69 Å². The summed E-state index contributed by atoms with van der Waals surface area (Å²) in [4.78, 5) is 24.1. The average Bonchev–Trinajstić information content (AvgIpc) is 2.50. The van der Waals surface area contributed by atoms with E-state index in [1.807, 2.05) is 0 Å². The molecule has 4 nitrogen and oxygen atoms in total. The van der Waals surface area contributed by atoms with Gasteiger partial charge in [-0.3, -0.25) is 9.59 Å². The van der Waals surface area contributed by atoms with Gasteiger partial charge in [-0.05, 0) is 44.0 Å². The Hall–Kier alpha value is -1.91. The van der Waals surface area contributed by atoms with Gasteiger partial charge in [0.1, 0.15) is 11.9 Å². The summed E-state index contributed by atoms with van der Waals surface area (Å²) in [5.41, 5.74) is 0.514. The minimum atomic E-state index is -0.607. The van der Waals surface area contributed by atoms with Gasteiger partial charge in [-0.1, -0.05) is 19.3 Å². The molecule has 1 aliphatic rings. The fourth-order valence-electron chi connectivity index (χ4n) is 2.55. The van der Waals surface area contributed by atoms with Crippen LogP contribution in [0.4, 0.5) is 10.1 Å². The number of carbonyl (C=O) groups excluding carboxylic acids is 2. The second kappa shape index (κ2) is 7.20. The molecule has 1 aliphatic carbocycles. The van der Waals surface area contributed by atoms with Gasteiger partial charge >= 0.3 is 0 Å². The van der Waals surface area contributed by atoms with Crippen LogP contribution in [0.3, 0.4) is 0 Å². The lowest BCUT2D eigenvalue weighted by Gasteiger charge is -2.23. The van der Waals surface area contributed by atoms with E-state index in [4.69, 9.17) is 0 Å². The molecule has 2 rings (SSSR count). The average molecular weight is 292 g/mol. The minimum Gasteiger partial charge on any atom is -0.344 e. The first-order chi connectivity index (χ1) is 10.1. The SMILES string of the molecule is CC(NC(=O)C1CCCCC1)C(=O)Nc1ccc(F)cc1. The number of amides is 2. The number of rotatable bonds is 4. The summed E-state index contributed by atoms with van der Waals surface area (Å²) in [6, 6.07) is 4.93. The van der Waals surface area contributed by atoms with Gasteiger partial charge in [0.25, 0.3) is 0 Å². The predicted octanol–water partition coefficient (Wildman–Crippen LogP) is 2.85. The molecule has 0 bridgehead atoms. The number of anilines is 1. The predicted molar refractivity (Wildman–Crippen MR) is 79.2 cm³/mol. The van der Waals surface area contributed by atoms with Gasteiger partial charge in [0.2, 0.25) is 11.8 Å². The highest BCUT2D eigenvalue weighted by atomic mass is 19.1. The Morgan fingerprint density at radius 1 is 1.14 bits per heavy atom. The van der Waals surface area contributed by atoms with Crippen LogP contribution in [-0.2, 0) is 9.59 Å². The minimum absolute atomic E-state index is 0.0276. The zero-order chi connectivity index (χ0) is 15.2. The van der Waals surface area contributed by atoms with E-state index in [1.54, 1.807) is 6.92 Å². The molecule has 0 heterocycles. The van der Waals surface area contributed by atoms with Gasteiger partial charge in [0.15, 0.2) is 0 Å². The maximum absolute atomic E-state index is 12.8. The Morgan fingerprint density at radius 3 is 2.38 bits per heavy atom. The summed E-state index contributed by atoms with van der Waals surface area (Å²) in [6.45, 7) is 1.65. The Balaban J connectivity index is 1.84. The van der Waals surface area contributed by atoms with E-state index in [1.165, 1.54) is 30.7 Å². The highest BCUT2D eigenvalue weighted by Gasteiger charge is 2.24. The second-order valence-corrected chi connectivity index (χ2v) is 5.56. The van der Waals surface area contributed by atoms with Crippen LogP contribution in [0, 0.1) is 11.7 Å². The first kappa shape index (κ1) is 15.5. The van der Waals surface area contributed by atoms with Crippen molar-refractivity contribution in [1.29, 1.82) is 0 Å². The summed E-state index contributed by atoms with van der Waals surface area (Å²) in [6.07, 6.45) is 5.14. The van der Waals surface area contributed by atoms with Crippen molar-refractivity contribution in [3.05, 3.63) is 30.1 Å². The summed E-state index contributed by atoms with van der Waals surface area (Å²) < 4.78 is 12.8. The number of benzene rings is 1. The van der Waals surface area contributed by atoms with Crippen molar-refractivity contribution < 1.29 is 14.0 Å². The van der Waals surface area contributed by atoms with Gasteiger partial charge in [-0.15, -0.1) is 0 Å². The third kappa shape index (κ3) is 4.55. The van der Waals surface area contributed by atoms with Gasteiger partial charge in [-0.25, -0.2) is 4.39 Å². The van der Waals surface area contributed by atoms with E-state index >= 15 is 0 Å². The molecule has 114 valence electrons. The van der Waals surface area contributed by atoms with Crippen molar-refractivity contribution in [3.63, 3.8) is 0 Å². The van der Waals surface area contributed by atoms with Crippen LogP contribution in [0.5, 0.6) is 0 Å². The van der Waals surface area contributed by atoms with Crippen LogP contribution in [-0.4, -0.2) is 17.9 Å². The monoisotopic (exact) mass is 292 g/mol. The van der Waals surface area contributed by atoms with Crippen LogP contribution in [0.15, 0.2) is 24.3 Å². The zero-order valence-electron chi connectivity index (χ0n) is 12.2. The normalized spacial score (nSPS) is 17.0. The standard InChI is InChI=1S/C16H21FN2O2/c1-11(18-16(21)12-5-3-2-4-6-12)15(20)19-14-9-7-13(17)8-10-14/h7-12H,2-6H2,1H3,(H,18,21)(H,19,20). The van der Waals surface area contributed by atoms with Crippen molar-refractivity contribution in [1.82, 2.24) is 5.32 Å². The first-order valence-electron chi connectivity index (χ1n) is 7.43. The summed E-state index contributed by atoms with van der Waals surface area (Å²) in [7, 11) is 0. The molecule has 1 fully saturated rings. The molecule has 1 unspecified atom stereocenters. The van der Waals surface area contributed by atoms with E-state index in [9.17, 15) is 14.0 Å². The van der Waals surface area contributed by atoms with Gasteiger partial charge in [-0.2, -0.15) is 0 Å². The molecule has 0 aromatic heterocycles. The number of nitrogens with one attached hydrogen (secondary N) is 2. The number of carbonyl (C=O) groups is 2. The lowest BCUT2D eigenvalue weighted by molar-refractivity contribution is -0.129. The molecule has 5 heteroatoms. The molecule has 1 aromatic rings. The number of halogens is 1. The molecule has 2 N–H and O–H groups in total. The van der Waals surface area contributed by atoms with Crippen LogP contribution < -0.4 is 10.6 Å². The smallest absolute Gasteiger partial charge is 0.246 e. The van der Waals surface area contributed by atoms with Crippen molar-refractivity contribution in [2.24, 2.45) is 5.92 Å². The Kier molecular flexibility index (Phi) is 5.31. The summed E-state index contributed by atoms with van der Waals surface area (Å²) >= 11 is 0. The van der Waals surface area contributed by atoms with Crippen LogP contribution >= 0.6 is 0 Å². The molecule has 1 aromatic carbocycles. The number of hydrogen-bond acceptors (Lipinski definition) is 2. The lowest BCUT2D eigenvalue weighted by atomic mass is 9.88. The maximum atomic E-state index is 12.8. The fourth-order valence-corrected chi connectivity index (χ4v) is 2.55. The molecule has 2 amide bonds. The van der Waals surface area contributed by atoms with Gasteiger partial charge in [0.05, 0.1) is 0 Å². The largest absolute Gasteiger partial charge is 0.344 e. The second-order valence-electron chi connectivity index (χ2n) is 5.56. The molecular formula is C16H21FN2O2. The van der Waals surface area contributed by atoms with Crippen molar-refractivity contribution >= 4 is 17.5 Å². The molecule has 0 radical (unpaired) electrons. The molecule has 0 saturated heterocycles. The zero-order valence-corrected chi connectivity index (χ0v) is 12.2. The lowest BCUT2D eigenvalue weighted by Crippen LogP contribution is -2.44. The van der Waals surface area contributed by atoms with E-state index in [-0.39, 0.29) is 23.5 Å². The van der Waals surface area contributed by atoms with Gasteiger partial charge < -0.3 is 10.6 Å². The van der Waals surface area contributed by atoms with E-state index in [0.717, 1.165) is 25.7 Å². The Labute approximate surface area is 124 Å². The van der Waals surface area contributed by atoms with E-state index < -0.39 is 6.04 Å². The highest BCUT2D eigenvalue weighted by molar-refractivity contribution is 5.97. The van der Waals surface area contributed by atoms with Crippen molar-refractivity contribution in [2.45, 2.75) is 45.1 Å². The third-order valence-corrected chi connectivity index (χ3v) is 3.84. The molecular weight excluding hydrogens is 271 g/mol. The Morgan fingerprint density at radius 2 is 1.76 bits per heavy atom. The fraction of sp³-hybridized carbons (Fsp3) is 0.500. The molecule has 0 aliphatic heterocycles. The number of hydrogen-bond donors (Lipinski definition) is 2. The molecule has 1 atom stereocenters. The van der Waals surface area contributed by atoms with E-state index in [2.05, 4.69) is 10.6 Å². The third-order valence-electron chi connectivity index (χ3n) is 3.84. The van der Waals surface area contributed by atoms with Crippen LogP contribution in [0.1, 0.15) is 39.0 Å². The maximum Gasteiger partial charge on any atom is 0.246 e. The van der Waals surface area contributed by atoms with Crippen molar-refractivity contribution in [3.8, 4) is 0 Å². The molecule has 1 saturated carbocycles. The highest BCUT2D eigenvalue weighted by Crippen LogP contribution is 2.23. The summed E-state index contributed by atoms with van der Waals surface area (Å²) in [5, 5.41) is 5.41. The quantitative estimate of drug-likeness (QED) is 0.896. The van der Waals surface area contributed by atoms with Gasteiger partial charge in [0, 0.05) is 11.6 Å². The first-order valence-corrected chi connectivity index (χ1v) is 7.43. The van der Waals surface area contributed by atoms with Crippen LogP contribution in [0.25, 0.3) is 0 Å². The van der Waals surface area contributed by atoms with Crippen molar-refractivity contribution in [2.75, 3.05) is 5.32 Å². The Bertz CT molecular complexity index is 496. The molecule has 0 spiro atoms. The summed E-state index contributed by atoms with van der Waals surface area (Å²) in [5.74, 6) is -0.673. The topological polar surface area (TPSA) is 58.2 Å². The van der Waals surface area contributed by atoms with Crippen LogP contribution in [0.2, 0.25) is 0 Å². The molecule has 21 heavy (non-hydrogen) atoms.